The van der Waals surface area contributed by atoms with Crippen LogP contribution in [0.25, 0.3) is 0 Å². The summed E-state index contributed by atoms with van der Waals surface area (Å²) in [5.41, 5.74) is 1.02. The summed E-state index contributed by atoms with van der Waals surface area (Å²) in [7, 11) is 0. The van der Waals surface area contributed by atoms with E-state index in [0.717, 1.165) is 12.0 Å². The van der Waals surface area contributed by atoms with E-state index in [0.29, 0.717) is 6.42 Å². The largest absolute Gasteiger partial charge is 0.389 e. The minimum atomic E-state index is -0.424. The highest BCUT2D eigenvalue weighted by Gasteiger charge is 2.08. The highest BCUT2D eigenvalue weighted by Crippen LogP contribution is 2.15. The highest BCUT2D eigenvalue weighted by atomic mass is 16.3. The van der Waals surface area contributed by atoms with Gasteiger partial charge in [0.05, 0.1) is 6.10 Å². The van der Waals surface area contributed by atoms with E-state index in [1.807, 2.05) is 6.08 Å². The minimum Gasteiger partial charge on any atom is -0.389 e. The SMILES string of the molecule is CC(O)/C=C\C1=CC(=O)CC1. The summed E-state index contributed by atoms with van der Waals surface area (Å²) in [6.07, 6.45) is 6.16. The van der Waals surface area contributed by atoms with Crippen molar-refractivity contribution < 1.29 is 9.90 Å². The van der Waals surface area contributed by atoms with Gasteiger partial charge in [-0.25, -0.2) is 0 Å². The zero-order valence-corrected chi connectivity index (χ0v) is 6.58. The standard InChI is InChI=1S/C9H12O2/c1-7(10)2-3-8-4-5-9(11)6-8/h2-3,6-7,10H,4-5H2,1H3/b3-2-. The zero-order chi connectivity index (χ0) is 8.27. The molecular formula is C9H12O2. The van der Waals surface area contributed by atoms with Crippen molar-refractivity contribution in [3.8, 4) is 0 Å². The molecule has 1 unspecified atom stereocenters. The van der Waals surface area contributed by atoms with Gasteiger partial charge in [-0.15, -0.1) is 0 Å². The van der Waals surface area contributed by atoms with Crippen molar-refractivity contribution in [3.05, 3.63) is 23.8 Å². The van der Waals surface area contributed by atoms with Gasteiger partial charge in [0.25, 0.3) is 0 Å². The molecule has 0 aromatic heterocycles. The Hall–Kier alpha value is -0.890. The van der Waals surface area contributed by atoms with Gasteiger partial charge in [0.15, 0.2) is 5.78 Å². The third-order valence-electron chi connectivity index (χ3n) is 1.60. The molecule has 0 saturated heterocycles. The van der Waals surface area contributed by atoms with Crippen molar-refractivity contribution in [2.45, 2.75) is 25.9 Å². The second-order valence-electron chi connectivity index (χ2n) is 2.79. The van der Waals surface area contributed by atoms with Gasteiger partial charge in [-0.2, -0.15) is 0 Å². The Bertz CT molecular complexity index is 212. The maximum absolute atomic E-state index is 10.7. The van der Waals surface area contributed by atoms with Gasteiger partial charge < -0.3 is 5.11 Å². The molecule has 0 fully saturated rings. The predicted molar refractivity (Wildman–Crippen MR) is 43.1 cm³/mol. The molecule has 0 radical (unpaired) electrons. The third kappa shape index (κ3) is 2.68. The minimum absolute atomic E-state index is 0.190. The lowest BCUT2D eigenvalue weighted by Crippen LogP contribution is -1.91. The summed E-state index contributed by atoms with van der Waals surface area (Å²) >= 11 is 0. The van der Waals surface area contributed by atoms with Gasteiger partial charge in [-0.3, -0.25) is 4.79 Å². The van der Waals surface area contributed by atoms with E-state index in [2.05, 4.69) is 0 Å². The molecule has 1 atom stereocenters. The fourth-order valence-corrected chi connectivity index (χ4v) is 1.01. The van der Waals surface area contributed by atoms with E-state index >= 15 is 0 Å². The van der Waals surface area contributed by atoms with Crippen LogP contribution in [0.15, 0.2) is 23.8 Å². The molecule has 0 aromatic carbocycles. The van der Waals surface area contributed by atoms with Crippen molar-refractivity contribution in [2.75, 3.05) is 0 Å². The van der Waals surface area contributed by atoms with E-state index < -0.39 is 6.10 Å². The van der Waals surface area contributed by atoms with E-state index in [9.17, 15) is 4.79 Å². The topological polar surface area (TPSA) is 37.3 Å². The smallest absolute Gasteiger partial charge is 0.156 e. The molecule has 1 N–H and O–H groups in total. The Morgan fingerprint density at radius 2 is 2.36 bits per heavy atom. The first-order valence-electron chi connectivity index (χ1n) is 3.78. The van der Waals surface area contributed by atoms with Crippen LogP contribution in [-0.4, -0.2) is 17.0 Å². The van der Waals surface area contributed by atoms with Gasteiger partial charge in [-0.1, -0.05) is 12.2 Å². The zero-order valence-electron chi connectivity index (χ0n) is 6.58. The van der Waals surface area contributed by atoms with Crippen LogP contribution >= 0.6 is 0 Å². The number of allylic oxidation sites excluding steroid dienone is 3. The number of carbonyl (C=O) groups excluding carboxylic acids is 1. The normalized spacial score (nSPS) is 20.9. The van der Waals surface area contributed by atoms with Gasteiger partial charge in [0.1, 0.15) is 0 Å². The molecule has 1 aliphatic carbocycles. The Morgan fingerprint density at radius 1 is 1.64 bits per heavy atom. The number of hydrogen-bond acceptors (Lipinski definition) is 2. The summed E-state index contributed by atoms with van der Waals surface area (Å²) in [6, 6.07) is 0. The predicted octanol–water partition coefficient (Wildman–Crippen LogP) is 1.21. The molecule has 0 amide bonds. The molecule has 0 aliphatic heterocycles. The molecule has 1 rings (SSSR count). The summed E-state index contributed by atoms with van der Waals surface area (Å²) in [5.74, 6) is 0.190. The van der Waals surface area contributed by atoms with Crippen LogP contribution in [0, 0.1) is 0 Å². The number of carbonyl (C=O) groups is 1. The lowest BCUT2D eigenvalue weighted by molar-refractivity contribution is -0.114. The monoisotopic (exact) mass is 152 g/mol. The fraction of sp³-hybridized carbons (Fsp3) is 0.444. The highest BCUT2D eigenvalue weighted by molar-refractivity contribution is 5.93. The lowest BCUT2D eigenvalue weighted by Gasteiger charge is -1.93. The van der Waals surface area contributed by atoms with E-state index in [-0.39, 0.29) is 5.78 Å². The van der Waals surface area contributed by atoms with Crippen molar-refractivity contribution in [2.24, 2.45) is 0 Å². The molecule has 0 saturated carbocycles. The summed E-state index contributed by atoms with van der Waals surface area (Å²) in [6.45, 7) is 1.69. The number of aliphatic hydroxyl groups excluding tert-OH is 1. The van der Waals surface area contributed by atoms with Gasteiger partial charge >= 0.3 is 0 Å². The van der Waals surface area contributed by atoms with Crippen molar-refractivity contribution in [1.29, 1.82) is 0 Å². The summed E-state index contributed by atoms with van der Waals surface area (Å²) in [4.78, 5) is 10.7. The van der Waals surface area contributed by atoms with Crippen LogP contribution in [0.4, 0.5) is 0 Å². The quantitative estimate of drug-likeness (QED) is 0.645. The molecule has 11 heavy (non-hydrogen) atoms. The molecule has 0 heterocycles. The first kappa shape index (κ1) is 8.21. The van der Waals surface area contributed by atoms with Crippen molar-refractivity contribution >= 4 is 5.78 Å². The summed E-state index contributed by atoms with van der Waals surface area (Å²) in [5, 5.41) is 8.88. The lowest BCUT2D eigenvalue weighted by atomic mass is 10.2. The second kappa shape index (κ2) is 3.49. The molecule has 2 heteroatoms. The number of ketones is 1. The molecular weight excluding hydrogens is 140 g/mol. The first-order valence-corrected chi connectivity index (χ1v) is 3.78. The van der Waals surface area contributed by atoms with Crippen LogP contribution in [0.1, 0.15) is 19.8 Å². The molecule has 0 spiro atoms. The molecule has 1 aliphatic rings. The maximum Gasteiger partial charge on any atom is 0.156 e. The second-order valence-corrected chi connectivity index (χ2v) is 2.79. The van der Waals surface area contributed by atoms with Crippen LogP contribution in [0.2, 0.25) is 0 Å². The molecule has 2 nitrogen and oxygen atoms in total. The van der Waals surface area contributed by atoms with Crippen molar-refractivity contribution in [3.63, 3.8) is 0 Å². The fourth-order valence-electron chi connectivity index (χ4n) is 1.01. The van der Waals surface area contributed by atoms with Gasteiger partial charge in [0.2, 0.25) is 0 Å². The maximum atomic E-state index is 10.7. The Labute approximate surface area is 66.2 Å². The van der Waals surface area contributed by atoms with E-state index in [1.165, 1.54) is 0 Å². The van der Waals surface area contributed by atoms with Crippen LogP contribution in [0.5, 0.6) is 0 Å². The number of rotatable bonds is 2. The van der Waals surface area contributed by atoms with Gasteiger partial charge in [0, 0.05) is 6.42 Å². The molecule has 0 aromatic rings. The Balaban J connectivity index is 2.50. The van der Waals surface area contributed by atoms with E-state index in [4.69, 9.17) is 5.11 Å². The average molecular weight is 152 g/mol. The first-order chi connectivity index (χ1) is 5.18. The van der Waals surface area contributed by atoms with Crippen LogP contribution in [0.3, 0.4) is 0 Å². The Morgan fingerprint density at radius 3 is 2.82 bits per heavy atom. The average Bonchev–Trinajstić information content (AvgIpc) is 2.31. The van der Waals surface area contributed by atoms with Crippen LogP contribution < -0.4 is 0 Å². The number of hydrogen-bond donors (Lipinski definition) is 1. The Kier molecular flexibility index (Phi) is 2.60. The number of aliphatic hydroxyl groups is 1. The molecule has 60 valence electrons. The van der Waals surface area contributed by atoms with Crippen LogP contribution in [-0.2, 0) is 4.79 Å². The van der Waals surface area contributed by atoms with Crippen molar-refractivity contribution in [1.82, 2.24) is 0 Å². The molecule has 0 bridgehead atoms. The van der Waals surface area contributed by atoms with E-state index in [1.54, 1.807) is 19.1 Å². The third-order valence-corrected chi connectivity index (χ3v) is 1.60. The summed E-state index contributed by atoms with van der Waals surface area (Å²) < 4.78 is 0. The van der Waals surface area contributed by atoms with Gasteiger partial charge in [-0.05, 0) is 25.0 Å².